The van der Waals surface area contributed by atoms with E-state index in [1.807, 2.05) is 6.92 Å². The molecular weight excluding hydrogens is 234 g/mol. The zero-order chi connectivity index (χ0) is 13.3. The molecule has 98 valence electrons. The fourth-order valence-electron chi connectivity index (χ4n) is 2.05. The van der Waals surface area contributed by atoms with Crippen molar-refractivity contribution in [1.82, 2.24) is 9.97 Å². The highest BCUT2D eigenvalue weighted by atomic mass is 16.5. The van der Waals surface area contributed by atoms with Gasteiger partial charge in [0.05, 0.1) is 19.3 Å². The summed E-state index contributed by atoms with van der Waals surface area (Å²) >= 11 is 0. The summed E-state index contributed by atoms with van der Waals surface area (Å²) in [5.41, 5.74) is -0.0758. The first-order chi connectivity index (χ1) is 8.41. The Kier molecular flexibility index (Phi) is 3.21. The second-order valence-corrected chi connectivity index (χ2v) is 4.88. The summed E-state index contributed by atoms with van der Waals surface area (Å²) in [6.45, 7) is 5.94. The molecule has 0 aromatic carbocycles. The minimum Gasteiger partial charge on any atom is -0.481 e. The lowest BCUT2D eigenvalue weighted by molar-refractivity contribution is -0.148. The van der Waals surface area contributed by atoms with Crippen molar-refractivity contribution in [3.8, 4) is 0 Å². The monoisotopic (exact) mass is 251 g/mol. The number of anilines is 1. The predicted molar refractivity (Wildman–Crippen MR) is 65.5 cm³/mol. The van der Waals surface area contributed by atoms with Crippen LogP contribution in [0.4, 0.5) is 5.82 Å². The number of aryl methyl sites for hydroxylation is 2. The zero-order valence-electron chi connectivity index (χ0n) is 10.7. The number of nitrogens with zero attached hydrogens (tertiary/aromatic N) is 2. The fraction of sp³-hybridized carbons (Fsp3) is 0.583. The molecule has 18 heavy (non-hydrogen) atoms. The number of carbonyl (C=O) groups is 1. The lowest BCUT2D eigenvalue weighted by Crippen LogP contribution is -2.43. The number of carboxylic acids is 1. The van der Waals surface area contributed by atoms with Gasteiger partial charge >= 0.3 is 5.97 Å². The molecule has 1 aliphatic heterocycles. The Labute approximate surface area is 105 Å². The first-order valence-corrected chi connectivity index (χ1v) is 5.82. The normalized spacial score (nSPS) is 27.2. The van der Waals surface area contributed by atoms with Crippen molar-refractivity contribution in [2.75, 3.05) is 18.5 Å². The van der Waals surface area contributed by atoms with Crippen molar-refractivity contribution in [2.24, 2.45) is 5.41 Å². The third-order valence-electron chi connectivity index (χ3n) is 3.23. The Balaban J connectivity index is 2.20. The Morgan fingerprint density at radius 1 is 1.56 bits per heavy atom. The van der Waals surface area contributed by atoms with Gasteiger partial charge in [-0.1, -0.05) is 0 Å². The van der Waals surface area contributed by atoms with Crippen LogP contribution in [0.5, 0.6) is 0 Å². The van der Waals surface area contributed by atoms with E-state index in [2.05, 4.69) is 15.3 Å². The Morgan fingerprint density at radius 3 is 2.89 bits per heavy atom. The van der Waals surface area contributed by atoms with Gasteiger partial charge in [-0.05, 0) is 20.8 Å². The number of hydrogen-bond donors (Lipinski definition) is 2. The number of rotatable bonds is 3. The van der Waals surface area contributed by atoms with E-state index in [-0.39, 0.29) is 12.6 Å². The third-order valence-corrected chi connectivity index (χ3v) is 3.23. The smallest absolute Gasteiger partial charge is 0.313 e. The van der Waals surface area contributed by atoms with Crippen LogP contribution in [0, 0.1) is 19.3 Å². The van der Waals surface area contributed by atoms with Gasteiger partial charge in [-0.25, -0.2) is 9.97 Å². The summed E-state index contributed by atoms with van der Waals surface area (Å²) in [6, 6.07) is 1.51. The van der Waals surface area contributed by atoms with Gasteiger partial charge in [-0.2, -0.15) is 0 Å². The second kappa shape index (κ2) is 4.53. The maximum Gasteiger partial charge on any atom is 0.313 e. The molecular formula is C12H17N3O3. The van der Waals surface area contributed by atoms with E-state index in [0.717, 1.165) is 5.69 Å². The number of ether oxygens (including phenoxy) is 1. The lowest BCUT2D eigenvalue weighted by atomic mass is 9.85. The molecule has 1 aromatic heterocycles. The second-order valence-electron chi connectivity index (χ2n) is 4.88. The Morgan fingerprint density at radius 2 is 2.28 bits per heavy atom. The lowest BCUT2D eigenvalue weighted by Gasteiger charge is -2.26. The summed E-state index contributed by atoms with van der Waals surface area (Å²) in [5.74, 6) is 0.441. The maximum atomic E-state index is 11.3. The van der Waals surface area contributed by atoms with E-state index in [1.165, 1.54) is 0 Å². The van der Waals surface area contributed by atoms with Crippen LogP contribution in [0.15, 0.2) is 6.07 Å². The van der Waals surface area contributed by atoms with Crippen molar-refractivity contribution >= 4 is 11.8 Å². The van der Waals surface area contributed by atoms with Gasteiger partial charge in [-0.3, -0.25) is 4.79 Å². The molecule has 0 saturated carbocycles. The average molecular weight is 251 g/mol. The largest absolute Gasteiger partial charge is 0.481 e. The van der Waals surface area contributed by atoms with Crippen molar-refractivity contribution in [2.45, 2.75) is 26.8 Å². The Bertz CT molecular complexity index is 457. The summed E-state index contributed by atoms with van der Waals surface area (Å²) in [5, 5.41) is 12.4. The molecule has 0 amide bonds. The summed E-state index contributed by atoms with van der Waals surface area (Å²) in [6.07, 6.45) is 0. The van der Waals surface area contributed by atoms with Crippen molar-refractivity contribution in [3.63, 3.8) is 0 Å². The molecule has 0 bridgehead atoms. The zero-order valence-corrected chi connectivity index (χ0v) is 10.7. The number of aliphatic carboxylic acids is 1. The van der Waals surface area contributed by atoms with Gasteiger partial charge in [-0.15, -0.1) is 0 Å². The van der Waals surface area contributed by atoms with Gasteiger partial charge in [0, 0.05) is 11.8 Å². The van der Waals surface area contributed by atoms with Crippen LogP contribution in [-0.4, -0.2) is 40.3 Å². The molecule has 6 nitrogen and oxygen atoms in total. The van der Waals surface area contributed by atoms with Crippen molar-refractivity contribution in [1.29, 1.82) is 0 Å². The van der Waals surface area contributed by atoms with E-state index in [9.17, 15) is 9.90 Å². The summed E-state index contributed by atoms with van der Waals surface area (Å²) in [7, 11) is 0. The van der Waals surface area contributed by atoms with Crippen LogP contribution in [0.25, 0.3) is 0 Å². The molecule has 0 spiro atoms. The van der Waals surface area contributed by atoms with Crippen LogP contribution in [-0.2, 0) is 9.53 Å². The quantitative estimate of drug-likeness (QED) is 0.833. The number of aromatic nitrogens is 2. The number of nitrogens with one attached hydrogen (secondary N) is 1. The molecule has 1 saturated heterocycles. The minimum atomic E-state index is -0.924. The van der Waals surface area contributed by atoms with Crippen LogP contribution in [0.3, 0.4) is 0 Å². The number of hydrogen-bond acceptors (Lipinski definition) is 5. The fourth-order valence-corrected chi connectivity index (χ4v) is 2.05. The molecule has 6 heteroatoms. The molecule has 2 unspecified atom stereocenters. The minimum absolute atomic E-state index is 0.211. The maximum absolute atomic E-state index is 11.3. The topological polar surface area (TPSA) is 84.3 Å². The van der Waals surface area contributed by atoms with E-state index < -0.39 is 11.4 Å². The molecule has 1 aromatic rings. The van der Waals surface area contributed by atoms with Crippen LogP contribution < -0.4 is 5.32 Å². The molecule has 0 radical (unpaired) electrons. The van der Waals surface area contributed by atoms with E-state index in [1.54, 1.807) is 19.9 Å². The van der Waals surface area contributed by atoms with E-state index in [0.29, 0.717) is 18.2 Å². The predicted octanol–water partition coefficient (Wildman–Crippen LogP) is 0.995. The summed E-state index contributed by atoms with van der Waals surface area (Å²) in [4.78, 5) is 19.7. The molecule has 2 atom stereocenters. The molecule has 2 rings (SSSR count). The molecule has 2 heterocycles. The first-order valence-electron chi connectivity index (χ1n) is 5.82. The molecule has 2 N–H and O–H groups in total. The van der Waals surface area contributed by atoms with Crippen molar-refractivity contribution in [3.05, 3.63) is 17.6 Å². The van der Waals surface area contributed by atoms with Gasteiger partial charge in [0.15, 0.2) is 0 Å². The molecule has 1 aliphatic rings. The Hall–Kier alpha value is -1.69. The summed E-state index contributed by atoms with van der Waals surface area (Å²) < 4.78 is 5.28. The van der Waals surface area contributed by atoms with Gasteiger partial charge in [0.2, 0.25) is 0 Å². The average Bonchev–Trinajstić information content (AvgIpc) is 2.60. The SMILES string of the molecule is Cc1cc(NC2COCC2(C)C(=O)O)nc(C)n1. The van der Waals surface area contributed by atoms with E-state index >= 15 is 0 Å². The highest BCUT2D eigenvalue weighted by molar-refractivity contribution is 5.76. The van der Waals surface area contributed by atoms with Gasteiger partial charge in [0.25, 0.3) is 0 Å². The molecule has 0 aliphatic carbocycles. The molecule has 1 fully saturated rings. The standard InChI is InChI=1S/C12H17N3O3/c1-7-4-10(14-8(2)13-7)15-9-5-18-6-12(9,3)11(16)17/h4,9H,5-6H2,1-3H3,(H,16,17)(H,13,14,15). The van der Waals surface area contributed by atoms with Crippen LogP contribution >= 0.6 is 0 Å². The first kappa shape index (κ1) is 12.8. The van der Waals surface area contributed by atoms with Gasteiger partial charge in [0.1, 0.15) is 17.1 Å². The number of carboxylic acid groups (broad SMARTS) is 1. The van der Waals surface area contributed by atoms with Crippen LogP contribution in [0.1, 0.15) is 18.4 Å². The van der Waals surface area contributed by atoms with E-state index in [4.69, 9.17) is 4.74 Å². The highest BCUT2D eigenvalue weighted by Crippen LogP contribution is 2.30. The highest BCUT2D eigenvalue weighted by Gasteiger charge is 2.46. The van der Waals surface area contributed by atoms with Gasteiger partial charge < -0.3 is 15.2 Å². The van der Waals surface area contributed by atoms with Crippen molar-refractivity contribution < 1.29 is 14.6 Å². The third kappa shape index (κ3) is 2.28. The van der Waals surface area contributed by atoms with Crippen LogP contribution in [0.2, 0.25) is 0 Å².